The Hall–Kier alpha value is -3.61. The lowest BCUT2D eigenvalue weighted by Gasteiger charge is -2.07. The third kappa shape index (κ3) is 5.98. The van der Waals surface area contributed by atoms with Crippen LogP contribution in [0.25, 0.3) is 6.08 Å². The molecule has 0 bridgehead atoms. The lowest BCUT2D eigenvalue weighted by atomic mass is 10.1. The van der Waals surface area contributed by atoms with E-state index in [1.165, 1.54) is 27.2 Å². The maximum atomic E-state index is 11.9. The number of carbonyl (C=O) groups excluding carboxylic acids is 3. The summed E-state index contributed by atoms with van der Waals surface area (Å²) >= 11 is 0. The molecule has 1 amide bonds. The minimum atomic E-state index is -0.656. The van der Waals surface area contributed by atoms with E-state index in [4.69, 9.17) is 14.2 Å². The summed E-state index contributed by atoms with van der Waals surface area (Å²) in [6.07, 6.45) is 2.76. The molecular weight excluding hydrogens is 362 g/mol. The number of benzene rings is 2. The van der Waals surface area contributed by atoms with Crippen molar-refractivity contribution in [2.24, 2.45) is 0 Å². The molecule has 0 aliphatic heterocycles. The van der Waals surface area contributed by atoms with Crippen LogP contribution in [0.5, 0.6) is 11.5 Å². The average molecular weight is 383 g/mol. The van der Waals surface area contributed by atoms with Crippen molar-refractivity contribution in [3.63, 3.8) is 0 Å². The summed E-state index contributed by atoms with van der Waals surface area (Å²) in [5.41, 5.74) is 1.77. The van der Waals surface area contributed by atoms with E-state index >= 15 is 0 Å². The quantitative estimate of drug-likeness (QED) is 0.428. The first-order valence-corrected chi connectivity index (χ1v) is 8.40. The van der Waals surface area contributed by atoms with Crippen LogP contribution in [0.4, 0.5) is 5.69 Å². The summed E-state index contributed by atoms with van der Waals surface area (Å²) in [5, 5.41) is 2.58. The summed E-state index contributed by atoms with van der Waals surface area (Å²) in [6.45, 7) is 1.03. The van der Waals surface area contributed by atoms with Crippen LogP contribution in [0.2, 0.25) is 0 Å². The summed E-state index contributed by atoms with van der Waals surface area (Å²) in [5.74, 6) is -0.0863. The standard InChI is InChI=1S/C21H21NO6/c1-14(23)16-6-8-17(9-7-16)22-20(24)13-28-21(25)11-5-15-4-10-18(26-2)19(12-15)27-3/h4-12H,13H2,1-3H3,(H,22,24)/b11-5+. The minimum Gasteiger partial charge on any atom is -0.493 e. The smallest absolute Gasteiger partial charge is 0.331 e. The zero-order chi connectivity index (χ0) is 20.5. The summed E-state index contributed by atoms with van der Waals surface area (Å²) in [6, 6.07) is 11.6. The third-order valence-electron chi connectivity index (χ3n) is 3.74. The van der Waals surface area contributed by atoms with Crippen LogP contribution in [-0.2, 0) is 14.3 Å². The van der Waals surface area contributed by atoms with Crippen molar-refractivity contribution in [2.75, 3.05) is 26.1 Å². The van der Waals surface area contributed by atoms with Gasteiger partial charge in [0.05, 0.1) is 14.2 Å². The molecule has 146 valence electrons. The second kappa shape index (κ2) is 9.91. The summed E-state index contributed by atoms with van der Waals surface area (Å²) in [4.78, 5) is 34.9. The van der Waals surface area contributed by atoms with Gasteiger partial charge in [-0.05, 0) is 55.0 Å². The van der Waals surface area contributed by atoms with Crippen LogP contribution >= 0.6 is 0 Å². The number of methoxy groups -OCH3 is 2. The number of anilines is 1. The normalized spacial score (nSPS) is 10.4. The molecule has 0 aliphatic carbocycles. The second-order valence-corrected chi connectivity index (χ2v) is 5.74. The number of nitrogens with one attached hydrogen (secondary N) is 1. The van der Waals surface area contributed by atoms with Crippen molar-refractivity contribution >= 4 is 29.4 Å². The Bertz CT molecular complexity index is 886. The Morgan fingerprint density at radius 3 is 2.25 bits per heavy atom. The maximum Gasteiger partial charge on any atom is 0.331 e. The molecule has 1 N–H and O–H groups in total. The number of carbonyl (C=O) groups is 3. The molecule has 7 heteroatoms. The molecular formula is C21H21NO6. The van der Waals surface area contributed by atoms with E-state index in [0.29, 0.717) is 28.3 Å². The van der Waals surface area contributed by atoms with Gasteiger partial charge >= 0.3 is 5.97 Å². The van der Waals surface area contributed by atoms with Gasteiger partial charge in [0, 0.05) is 17.3 Å². The van der Waals surface area contributed by atoms with Gasteiger partial charge < -0.3 is 19.5 Å². The number of hydrogen-bond acceptors (Lipinski definition) is 6. The largest absolute Gasteiger partial charge is 0.493 e. The number of ketones is 1. The summed E-state index contributed by atoms with van der Waals surface area (Å²) in [7, 11) is 3.05. The molecule has 0 fully saturated rings. The lowest BCUT2D eigenvalue weighted by Crippen LogP contribution is -2.20. The van der Waals surface area contributed by atoms with Crippen molar-refractivity contribution in [3.8, 4) is 11.5 Å². The number of ether oxygens (including phenoxy) is 3. The minimum absolute atomic E-state index is 0.0620. The van der Waals surface area contributed by atoms with E-state index in [2.05, 4.69) is 5.32 Å². The summed E-state index contributed by atoms with van der Waals surface area (Å²) < 4.78 is 15.3. The molecule has 0 atom stereocenters. The third-order valence-corrected chi connectivity index (χ3v) is 3.74. The molecule has 0 saturated heterocycles. The molecule has 0 aliphatic rings. The van der Waals surface area contributed by atoms with Crippen LogP contribution in [0.3, 0.4) is 0 Å². The van der Waals surface area contributed by atoms with E-state index in [0.717, 1.165) is 0 Å². The van der Waals surface area contributed by atoms with Gasteiger partial charge in [-0.2, -0.15) is 0 Å². The molecule has 2 rings (SSSR count). The fourth-order valence-corrected chi connectivity index (χ4v) is 2.29. The van der Waals surface area contributed by atoms with E-state index in [9.17, 15) is 14.4 Å². The van der Waals surface area contributed by atoms with Gasteiger partial charge in [0.2, 0.25) is 0 Å². The van der Waals surface area contributed by atoms with Crippen molar-refractivity contribution in [2.45, 2.75) is 6.92 Å². The van der Waals surface area contributed by atoms with Crippen molar-refractivity contribution in [1.82, 2.24) is 0 Å². The van der Waals surface area contributed by atoms with Crippen LogP contribution in [0, 0.1) is 0 Å². The number of esters is 1. The molecule has 2 aromatic carbocycles. The highest BCUT2D eigenvalue weighted by Gasteiger charge is 2.07. The van der Waals surface area contributed by atoms with Gasteiger partial charge in [-0.15, -0.1) is 0 Å². The second-order valence-electron chi connectivity index (χ2n) is 5.74. The maximum absolute atomic E-state index is 11.9. The van der Waals surface area contributed by atoms with Crippen molar-refractivity contribution in [3.05, 3.63) is 59.7 Å². The van der Waals surface area contributed by atoms with Gasteiger partial charge in [0.15, 0.2) is 23.9 Å². The number of rotatable bonds is 8. The molecule has 0 unspecified atom stereocenters. The van der Waals surface area contributed by atoms with Gasteiger partial charge in [0.25, 0.3) is 5.91 Å². The van der Waals surface area contributed by atoms with E-state index in [1.54, 1.807) is 48.5 Å². The zero-order valence-electron chi connectivity index (χ0n) is 15.9. The Morgan fingerprint density at radius 1 is 0.964 bits per heavy atom. The van der Waals surface area contributed by atoms with Gasteiger partial charge in [-0.3, -0.25) is 9.59 Å². The van der Waals surface area contributed by atoms with E-state index < -0.39 is 18.5 Å². The molecule has 0 radical (unpaired) electrons. The SMILES string of the molecule is COc1ccc(/C=C/C(=O)OCC(=O)Nc2ccc(C(C)=O)cc2)cc1OC. The molecule has 7 nitrogen and oxygen atoms in total. The highest BCUT2D eigenvalue weighted by atomic mass is 16.5. The van der Waals surface area contributed by atoms with Gasteiger partial charge in [-0.1, -0.05) is 6.07 Å². The molecule has 2 aromatic rings. The average Bonchev–Trinajstić information content (AvgIpc) is 2.70. The highest BCUT2D eigenvalue weighted by Crippen LogP contribution is 2.27. The van der Waals surface area contributed by atoms with Gasteiger partial charge in [0.1, 0.15) is 0 Å². The van der Waals surface area contributed by atoms with Crippen molar-refractivity contribution in [1.29, 1.82) is 0 Å². The molecule has 0 aromatic heterocycles. The van der Waals surface area contributed by atoms with Crippen LogP contribution in [-0.4, -0.2) is 38.5 Å². The number of hydrogen-bond donors (Lipinski definition) is 1. The first-order chi connectivity index (χ1) is 13.4. The zero-order valence-corrected chi connectivity index (χ0v) is 15.9. The fraction of sp³-hybridized carbons (Fsp3) is 0.190. The van der Waals surface area contributed by atoms with E-state index in [-0.39, 0.29) is 5.78 Å². The fourth-order valence-electron chi connectivity index (χ4n) is 2.29. The lowest BCUT2D eigenvalue weighted by molar-refractivity contribution is -0.142. The first-order valence-electron chi connectivity index (χ1n) is 8.40. The molecule has 0 heterocycles. The van der Waals surface area contributed by atoms with Gasteiger partial charge in [-0.25, -0.2) is 4.79 Å². The molecule has 28 heavy (non-hydrogen) atoms. The molecule has 0 spiro atoms. The van der Waals surface area contributed by atoms with Crippen LogP contribution in [0.1, 0.15) is 22.8 Å². The topological polar surface area (TPSA) is 90.9 Å². The Morgan fingerprint density at radius 2 is 1.64 bits per heavy atom. The van der Waals surface area contributed by atoms with Crippen LogP contribution < -0.4 is 14.8 Å². The van der Waals surface area contributed by atoms with Crippen LogP contribution in [0.15, 0.2) is 48.5 Å². The predicted molar refractivity (Wildman–Crippen MR) is 105 cm³/mol. The first kappa shape index (κ1) is 20.7. The Kier molecular flexibility index (Phi) is 7.33. The predicted octanol–water partition coefficient (Wildman–Crippen LogP) is 3.10. The van der Waals surface area contributed by atoms with Crippen molar-refractivity contribution < 1.29 is 28.6 Å². The Labute approximate surface area is 162 Å². The highest BCUT2D eigenvalue weighted by molar-refractivity contribution is 5.96. The number of amides is 1. The number of Topliss-reactive ketones (excluding diaryl/α,β-unsaturated/α-hetero) is 1. The molecule has 0 saturated carbocycles. The van der Waals surface area contributed by atoms with E-state index in [1.807, 2.05) is 0 Å². The monoisotopic (exact) mass is 383 g/mol. The Balaban J connectivity index is 1.85.